The zero-order chi connectivity index (χ0) is 11.5. The molecule has 1 N–H and O–H groups in total. The van der Waals surface area contributed by atoms with E-state index in [1.165, 1.54) is 0 Å². The number of nitrogens with one attached hydrogen (secondary N) is 1. The molecule has 1 saturated carbocycles. The molecule has 2 atom stereocenters. The van der Waals surface area contributed by atoms with Gasteiger partial charge in [-0.3, -0.25) is 0 Å². The van der Waals surface area contributed by atoms with Crippen molar-refractivity contribution in [2.24, 2.45) is 5.92 Å². The van der Waals surface area contributed by atoms with Crippen LogP contribution in [-0.4, -0.2) is 27.0 Å². The third-order valence-corrected chi connectivity index (χ3v) is 4.61. The minimum absolute atomic E-state index is 0.0150. The first-order valence-corrected chi connectivity index (χ1v) is 9.05. The Kier molecular flexibility index (Phi) is 4.19. The van der Waals surface area contributed by atoms with E-state index in [1.54, 1.807) is 0 Å². The number of hydrogen-bond donors (Lipinski definition) is 1. The molecule has 1 fully saturated rings. The molecule has 2 unspecified atom stereocenters. The topological polar surface area (TPSA) is 38.3 Å². The summed E-state index contributed by atoms with van der Waals surface area (Å²) in [5.74, 6) is 0.643. The first kappa shape index (κ1) is 12.6. The van der Waals surface area contributed by atoms with Gasteiger partial charge in [-0.2, -0.15) is 0 Å². The van der Waals surface area contributed by atoms with Gasteiger partial charge in [0.15, 0.2) is 0 Å². The zero-order valence-corrected chi connectivity index (χ0v) is 11.5. The zero-order valence-electron chi connectivity index (χ0n) is 10.3. The third-order valence-electron chi connectivity index (χ3n) is 3.22. The molecule has 1 aliphatic carbocycles. The second-order valence-corrected chi connectivity index (χ2v) is 8.54. The van der Waals surface area contributed by atoms with E-state index in [9.17, 15) is 4.79 Å². The number of ether oxygens (including phenoxy) is 1. The Bertz CT molecular complexity index is 233. The van der Waals surface area contributed by atoms with Crippen LogP contribution in [0.4, 0.5) is 4.79 Å². The first-order chi connectivity index (χ1) is 6.98. The molecule has 0 aromatic carbocycles. The molecule has 0 aromatic rings. The van der Waals surface area contributed by atoms with E-state index in [0.717, 1.165) is 18.9 Å². The summed E-state index contributed by atoms with van der Waals surface area (Å²) in [5, 5.41) is 2.96. The van der Waals surface area contributed by atoms with E-state index in [4.69, 9.17) is 4.74 Å². The molecule has 0 heterocycles. The standard InChI is InChI=1S/C11H23NO2Si/c1-5-9-8-11(9,2)12-10(13)14-6-7-15(3)4/h9,15H,5-8H2,1-4H3,(H,12,13). The van der Waals surface area contributed by atoms with Crippen LogP contribution in [0.2, 0.25) is 19.1 Å². The summed E-state index contributed by atoms with van der Waals surface area (Å²) in [4.78, 5) is 11.4. The lowest BCUT2D eigenvalue weighted by molar-refractivity contribution is 0.146. The second-order valence-electron chi connectivity index (χ2n) is 5.17. The Hall–Kier alpha value is -0.513. The first-order valence-electron chi connectivity index (χ1n) is 5.93. The maximum Gasteiger partial charge on any atom is 0.407 e. The summed E-state index contributed by atoms with van der Waals surface area (Å²) in [7, 11) is -0.590. The molecule has 0 aliphatic heterocycles. The maximum absolute atomic E-state index is 11.4. The number of alkyl carbamates (subject to hydrolysis) is 1. The van der Waals surface area contributed by atoms with Gasteiger partial charge in [-0.1, -0.05) is 26.4 Å². The highest BCUT2D eigenvalue weighted by Gasteiger charge is 2.50. The highest BCUT2D eigenvalue weighted by atomic mass is 28.3. The molecule has 0 saturated heterocycles. The van der Waals surface area contributed by atoms with Crippen LogP contribution in [-0.2, 0) is 4.74 Å². The molecule has 4 heteroatoms. The van der Waals surface area contributed by atoms with Gasteiger partial charge in [0.25, 0.3) is 0 Å². The van der Waals surface area contributed by atoms with Crippen LogP contribution in [0.5, 0.6) is 0 Å². The lowest BCUT2D eigenvalue weighted by Gasteiger charge is -2.14. The largest absolute Gasteiger partial charge is 0.450 e. The van der Waals surface area contributed by atoms with Crippen molar-refractivity contribution in [1.29, 1.82) is 0 Å². The van der Waals surface area contributed by atoms with Crippen molar-refractivity contribution in [1.82, 2.24) is 5.32 Å². The summed E-state index contributed by atoms with van der Waals surface area (Å²) in [6.07, 6.45) is 2.00. The van der Waals surface area contributed by atoms with Crippen molar-refractivity contribution in [3.05, 3.63) is 0 Å². The predicted molar refractivity (Wildman–Crippen MR) is 65.0 cm³/mol. The summed E-state index contributed by atoms with van der Waals surface area (Å²) >= 11 is 0. The number of carbonyl (C=O) groups excluding carboxylic acids is 1. The Morgan fingerprint density at radius 2 is 2.27 bits per heavy atom. The minimum atomic E-state index is -0.590. The van der Waals surface area contributed by atoms with E-state index < -0.39 is 8.80 Å². The summed E-state index contributed by atoms with van der Waals surface area (Å²) < 4.78 is 5.15. The van der Waals surface area contributed by atoms with Crippen LogP contribution in [0.15, 0.2) is 0 Å². The smallest absolute Gasteiger partial charge is 0.407 e. The summed E-state index contributed by atoms with van der Waals surface area (Å²) in [6, 6.07) is 1.07. The maximum atomic E-state index is 11.4. The predicted octanol–water partition coefficient (Wildman–Crippen LogP) is 2.39. The molecular formula is C11H23NO2Si. The Labute approximate surface area is 94.2 Å². The molecular weight excluding hydrogens is 206 g/mol. The van der Waals surface area contributed by atoms with E-state index in [0.29, 0.717) is 12.5 Å². The van der Waals surface area contributed by atoms with Crippen LogP contribution < -0.4 is 5.32 Å². The lowest BCUT2D eigenvalue weighted by atomic mass is 10.2. The van der Waals surface area contributed by atoms with Crippen LogP contribution in [0, 0.1) is 5.92 Å². The fourth-order valence-corrected chi connectivity index (χ4v) is 2.45. The van der Waals surface area contributed by atoms with Crippen LogP contribution >= 0.6 is 0 Å². The SMILES string of the molecule is CCC1CC1(C)NC(=O)OCC[SiH](C)C. The molecule has 0 radical (unpaired) electrons. The highest BCUT2D eigenvalue weighted by Crippen LogP contribution is 2.45. The Balaban J connectivity index is 2.14. The van der Waals surface area contributed by atoms with Gasteiger partial charge in [0.05, 0.1) is 6.61 Å². The van der Waals surface area contributed by atoms with Gasteiger partial charge < -0.3 is 10.1 Å². The van der Waals surface area contributed by atoms with E-state index in [2.05, 4.69) is 32.3 Å². The molecule has 1 rings (SSSR count). The van der Waals surface area contributed by atoms with Crippen molar-refractivity contribution in [2.45, 2.75) is 51.4 Å². The molecule has 0 spiro atoms. The molecule has 0 bridgehead atoms. The average molecular weight is 229 g/mol. The minimum Gasteiger partial charge on any atom is -0.450 e. The molecule has 1 aliphatic rings. The Morgan fingerprint density at radius 3 is 2.73 bits per heavy atom. The van der Waals surface area contributed by atoms with Gasteiger partial charge in [-0.15, -0.1) is 0 Å². The van der Waals surface area contributed by atoms with Crippen molar-refractivity contribution in [3.63, 3.8) is 0 Å². The van der Waals surface area contributed by atoms with Gasteiger partial charge in [0, 0.05) is 14.3 Å². The summed E-state index contributed by atoms with van der Waals surface area (Å²) in [5.41, 5.74) is 0.0150. The average Bonchev–Trinajstić information content (AvgIpc) is 2.75. The number of rotatable bonds is 5. The fourth-order valence-electron chi connectivity index (χ4n) is 1.86. The van der Waals surface area contributed by atoms with Crippen LogP contribution in [0.1, 0.15) is 26.7 Å². The molecule has 0 aromatic heterocycles. The van der Waals surface area contributed by atoms with Crippen molar-refractivity contribution in [2.75, 3.05) is 6.61 Å². The quantitative estimate of drug-likeness (QED) is 0.735. The highest BCUT2D eigenvalue weighted by molar-refractivity contribution is 6.55. The Morgan fingerprint density at radius 1 is 1.60 bits per heavy atom. The van der Waals surface area contributed by atoms with Gasteiger partial charge in [0.2, 0.25) is 0 Å². The monoisotopic (exact) mass is 229 g/mol. The fraction of sp³-hybridized carbons (Fsp3) is 0.909. The van der Waals surface area contributed by atoms with Gasteiger partial charge in [-0.05, 0) is 25.3 Å². The molecule has 1 amide bonds. The molecule has 3 nitrogen and oxygen atoms in total. The van der Waals surface area contributed by atoms with E-state index >= 15 is 0 Å². The van der Waals surface area contributed by atoms with Crippen LogP contribution in [0.25, 0.3) is 0 Å². The number of carbonyl (C=O) groups is 1. The second kappa shape index (κ2) is 5.01. The number of amides is 1. The van der Waals surface area contributed by atoms with Crippen molar-refractivity contribution < 1.29 is 9.53 Å². The van der Waals surface area contributed by atoms with E-state index in [1.807, 2.05) is 0 Å². The molecule has 15 heavy (non-hydrogen) atoms. The number of hydrogen-bond acceptors (Lipinski definition) is 2. The normalized spacial score (nSPS) is 29.0. The summed E-state index contributed by atoms with van der Waals surface area (Å²) in [6.45, 7) is 9.36. The van der Waals surface area contributed by atoms with E-state index in [-0.39, 0.29) is 11.6 Å². The molecule has 88 valence electrons. The third kappa shape index (κ3) is 3.85. The van der Waals surface area contributed by atoms with Gasteiger partial charge >= 0.3 is 6.09 Å². The van der Waals surface area contributed by atoms with Crippen molar-refractivity contribution in [3.8, 4) is 0 Å². The van der Waals surface area contributed by atoms with Gasteiger partial charge in [0.1, 0.15) is 0 Å². The lowest BCUT2D eigenvalue weighted by Crippen LogP contribution is -2.36. The van der Waals surface area contributed by atoms with Crippen molar-refractivity contribution >= 4 is 14.9 Å². The van der Waals surface area contributed by atoms with Gasteiger partial charge in [-0.25, -0.2) is 4.79 Å². The van der Waals surface area contributed by atoms with Crippen LogP contribution in [0.3, 0.4) is 0 Å².